The molecule has 0 aliphatic heterocycles. The molecule has 1 aromatic heterocycles. The Morgan fingerprint density at radius 1 is 1.18 bits per heavy atom. The molecular formula is C14H23N3. The zero-order valence-electron chi connectivity index (χ0n) is 10.7. The van der Waals surface area contributed by atoms with Gasteiger partial charge in [-0.1, -0.05) is 32.1 Å². The number of anilines is 2. The lowest BCUT2D eigenvalue weighted by Gasteiger charge is -2.22. The van der Waals surface area contributed by atoms with Crippen molar-refractivity contribution in [2.45, 2.75) is 57.9 Å². The van der Waals surface area contributed by atoms with E-state index in [4.69, 9.17) is 5.73 Å². The summed E-state index contributed by atoms with van der Waals surface area (Å²) < 4.78 is 0. The molecule has 94 valence electrons. The minimum Gasteiger partial charge on any atom is -0.396 e. The van der Waals surface area contributed by atoms with Crippen LogP contribution in [0.5, 0.6) is 0 Å². The second kappa shape index (κ2) is 5.89. The summed E-state index contributed by atoms with van der Waals surface area (Å²) in [5.41, 5.74) is 7.87. The summed E-state index contributed by atoms with van der Waals surface area (Å²) in [6.45, 7) is 2.02. The van der Waals surface area contributed by atoms with Gasteiger partial charge in [0.15, 0.2) is 0 Å². The van der Waals surface area contributed by atoms with Gasteiger partial charge >= 0.3 is 0 Å². The van der Waals surface area contributed by atoms with Crippen molar-refractivity contribution in [3.63, 3.8) is 0 Å². The van der Waals surface area contributed by atoms with E-state index in [9.17, 15) is 0 Å². The van der Waals surface area contributed by atoms with Crippen molar-refractivity contribution in [1.29, 1.82) is 0 Å². The predicted octanol–water partition coefficient (Wildman–Crippen LogP) is 3.50. The van der Waals surface area contributed by atoms with Gasteiger partial charge in [0.1, 0.15) is 5.82 Å². The third kappa shape index (κ3) is 3.62. The van der Waals surface area contributed by atoms with Gasteiger partial charge in [0, 0.05) is 12.2 Å². The lowest BCUT2D eigenvalue weighted by Crippen LogP contribution is -2.22. The number of aryl methyl sites for hydroxylation is 1. The number of hydrogen-bond donors (Lipinski definition) is 2. The largest absolute Gasteiger partial charge is 0.396 e. The number of pyridine rings is 1. The van der Waals surface area contributed by atoms with Gasteiger partial charge in [-0.25, -0.2) is 4.98 Å². The second-order valence-electron chi connectivity index (χ2n) is 5.14. The molecule has 0 saturated heterocycles. The molecule has 0 radical (unpaired) electrons. The molecular weight excluding hydrogens is 210 g/mol. The van der Waals surface area contributed by atoms with E-state index in [1.165, 1.54) is 44.9 Å². The predicted molar refractivity (Wildman–Crippen MR) is 73.1 cm³/mol. The van der Waals surface area contributed by atoms with Crippen molar-refractivity contribution in [2.75, 3.05) is 11.1 Å². The maximum absolute atomic E-state index is 5.98. The summed E-state index contributed by atoms with van der Waals surface area (Å²) in [6, 6.07) is 2.53. The average Bonchev–Trinajstić information content (AvgIpc) is 2.25. The summed E-state index contributed by atoms with van der Waals surface area (Å²) in [6.07, 6.45) is 11.2. The fraction of sp³-hybridized carbons (Fsp3) is 0.643. The number of nitrogens with two attached hydrogens (primary N) is 1. The molecule has 17 heavy (non-hydrogen) atoms. The van der Waals surface area contributed by atoms with E-state index in [1.807, 2.05) is 19.2 Å². The molecule has 3 N–H and O–H groups in total. The topological polar surface area (TPSA) is 50.9 Å². The monoisotopic (exact) mass is 233 g/mol. The minimum absolute atomic E-state index is 0.549. The summed E-state index contributed by atoms with van der Waals surface area (Å²) in [7, 11) is 0. The standard InChI is InChI=1S/C14H23N3/c1-11-9-13(15)14(16-10-11)17-12-7-5-3-2-4-6-8-12/h9-10,12H,2-8,15H2,1H3,(H,16,17). The highest BCUT2D eigenvalue weighted by Gasteiger charge is 2.12. The number of hydrogen-bond acceptors (Lipinski definition) is 3. The molecule has 0 amide bonds. The van der Waals surface area contributed by atoms with Gasteiger partial charge in [0.05, 0.1) is 5.69 Å². The summed E-state index contributed by atoms with van der Waals surface area (Å²) >= 11 is 0. The van der Waals surface area contributed by atoms with E-state index in [2.05, 4.69) is 10.3 Å². The first-order valence-corrected chi connectivity index (χ1v) is 6.74. The van der Waals surface area contributed by atoms with Crippen molar-refractivity contribution in [3.05, 3.63) is 17.8 Å². The zero-order valence-corrected chi connectivity index (χ0v) is 10.7. The Morgan fingerprint density at radius 3 is 2.47 bits per heavy atom. The molecule has 3 heteroatoms. The van der Waals surface area contributed by atoms with Crippen molar-refractivity contribution in [1.82, 2.24) is 4.98 Å². The molecule has 1 aliphatic carbocycles. The van der Waals surface area contributed by atoms with Crippen LogP contribution in [-0.2, 0) is 0 Å². The first kappa shape index (κ1) is 12.2. The molecule has 0 spiro atoms. The number of rotatable bonds is 2. The molecule has 0 atom stereocenters. The fourth-order valence-electron chi connectivity index (χ4n) is 2.51. The van der Waals surface area contributed by atoms with Crippen LogP contribution in [0.1, 0.15) is 50.5 Å². The Kier molecular flexibility index (Phi) is 4.24. The molecule has 2 rings (SSSR count). The lowest BCUT2D eigenvalue weighted by molar-refractivity contribution is 0.471. The molecule has 0 bridgehead atoms. The number of nitrogens with one attached hydrogen (secondary N) is 1. The van der Waals surface area contributed by atoms with Gasteiger partial charge in [-0.15, -0.1) is 0 Å². The van der Waals surface area contributed by atoms with E-state index >= 15 is 0 Å². The number of nitrogens with zero attached hydrogens (tertiary/aromatic N) is 1. The van der Waals surface area contributed by atoms with E-state index in [0.717, 1.165) is 17.1 Å². The molecule has 0 aromatic carbocycles. The Labute approximate surface area is 104 Å². The molecule has 1 heterocycles. The Balaban J connectivity index is 1.98. The molecule has 1 aromatic rings. The van der Waals surface area contributed by atoms with Gasteiger partial charge < -0.3 is 11.1 Å². The van der Waals surface area contributed by atoms with Crippen LogP contribution in [0.25, 0.3) is 0 Å². The molecule has 0 unspecified atom stereocenters. The van der Waals surface area contributed by atoms with E-state index < -0.39 is 0 Å². The molecule has 3 nitrogen and oxygen atoms in total. The molecule has 1 saturated carbocycles. The third-order valence-corrected chi connectivity index (χ3v) is 3.50. The summed E-state index contributed by atoms with van der Waals surface area (Å²) in [5, 5.41) is 3.51. The molecule has 1 aliphatic rings. The maximum atomic E-state index is 5.98. The van der Waals surface area contributed by atoms with E-state index in [0.29, 0.717) is 6.04 Å². The quantitative estimate of drug-likeness (QED) is 0.822. The SMILES string of the molecule is Cc1cnc(NC2CCCCCCC2)c(N)c1. The highest BCUT2D eigenvalue weighted by atomic mass is 15.0. The van der Waals surface area contributed by atoms with Crippen molar-refractivity contribution in [3.8, 4) is 0 Å². The third-order valence-electron chi connectivity index (χ3n) is 3.50. The summed E-state index contributed by atoms with van der Waals surface area (Å²) in [5.74, 6) is 0.862. The van der Waals surface area contributed by atoms with Gasteiger partial charge in [0.2, 0.25) is 0 Å². The normalized spacial score (nSPS) is 18.4. The van der Waals surface area contributed by atoms with Crippen LogP contribution in [-0.4, -0.2) is 11.0 Å². The van der Waals surface area contributed by atoms with Crippen LogP contribution in [0, 0.1) is 6.92 Å². The first-order chi connectivity index (χ1) is 8.25. The van der Waals surface area contributed by atoms with Crippen LogP contribution in [0.3, 0.4) is 0 Å². The van der Waals surface area contributed by atoms with Crippen LogP contribution >= 0.6 is 0 Å². The number of aromatic nitrogens is 1. The lowest BCUT2D eigenvalue weighted by atomic mass is 9.97. The maximum Gasteiger partial charge on any atom is 0.149 e. The smallest absolute Gasteiger partial charge is 0.149 e. The van der Waals surface area contributed by atoms with Gasteiger partial charge in [0.25, 0.3) is 0 Å². The summed E-state index contributed by atoms with van der Waals surface area (Å²) in [4.78, 5) is 4.39. The van der Waals surface area contributed by atoms with Crippen LogP contribution in [0.4, 0.5) is 11.5 Å². The van der Waals surface area contributed by atoms with Crippen LogP contribution in [0.2, 0.25) is 0 Å². The van der Waals surface area contributed by atoms with Gasteiger partial charge in [-0.3, -0.25) is 0 Å². The Bertz CT molecular complexity index is 354. The fourth-order valence-corrected chi connectivity index (χ4v) is 2.51. The second-order valence-corrected chi connectivity index (χ2v) is 5.14. The molecule has 1 fully saturated rings. The highest BCUT2D eigenvalue weighted by Crippen LogP contribution is 2.23. The van der Waals surface area contributed by atoms with Crippen molar-refractivity contribution in [2.24, 2.45) is 0 Å². The van der Waals surface area contributed by atoms with E-state index in [1.54, 1.807) is 0 Å². The van der Waals surface area contributed by atoms with Gasteiger partial charge in [-0.05, 0) is 31.4 Å². The number of nitrogen functional groups attached to an aromatic ring is 1. The van der Waals surface area contributed by atoms with Crippen LogP contribution < -0.4 is 11.1 Å². The van der Waals surface area contributed by atoms with Gasteiger partial charge in [-0.2, -0.15) is 0 Å². The Morgan fingerprint density at radius 2 is 1.82 bits per heavy atom. The minimum atomic E-state index is 0.549. The first-order valence-electron chi connectivity index (χ1n) is 6.74. The zero-order chi connectivity index (χ0) is 12.1. The Hall–Kier alpha value is -1.25. The van der Waals surface area contributed by atoms with E-state index in [-0.39, 0.29) is 0 Å². The average molecular weight is 233 g/mol. The highest BCUT2D eigenvalue weighted by molar-refractivity contribution is 5.62. The van der Waals surface area contributed by atoms with Crippen molar-refractivity contribution >= 4 is 11.5 Å². The van der Waals surface area contributed by atoms with Crippen LogP contribution in [0.15, 0.2) is 12.3 Å². The van der Waals surface area contributed by atoms with Crippen molar-refractivity contribution < 1.29 is 0 Å².